The molecule has 0 fully saturated rings. The van der Waals surface area contributed by atoms with Crippen LogP contribution in [0.3, 0.4) is 0 Å². The predicted molar refractivity (Wildman–Crippen MR) is 99.6 cm³/mol. The minimum atomic E-state index is -0.598. The van der Waals surface area contributed by atoms with Crippen LogP contribution in [0, 0.1) is 0 Å². The molecular formula is C19H12O4S2. The Kier molecular flexibility index (Phi) is 4.15. The van der Waals surface area contributed by atoms with Gasteiger partial charge in [-0.3, -0.25) is 4.79 Å². The second-order valence-corrected chi connectivity index (χ2v) is 7.57. The van der Waals surface area contributed by atoms with E-state index < -0.39 is 5.97 Å². The van der Waals surface area contributed by atoms with Crippen molar-refractivity contribution in [2.45, 2.75) is 0 Å². The zero-order chi connectivity index (χ0) is 17.4. The van der Waals surface area contributed by atoms with Crippen LogP contribution in [0.2, 0.25) is 0 Å². The number of esters is 1. The lowest BCUT2D eigenvalue weighted by molar-refractivity contribution is -0.130. The Bertz CT molecular complexity index is 942. The second-order valence-electron chi connectivity index (χ2n) is 5.36. The molecule has 6 heteroatoms. The number of ketones is 1. The Hall–Kier alpha value is -2.44. The van der Waals surface area contributed by atoms with Crippen LogP contribution in [-0.4, -0.2) is 18.9 Å². The number of carbonyl (C=O) groups is 2. The molecule has 2 aliphatic heterocycles. The van der Waals surface area contributed by atoms with Gasteiger partial charge in [0.05, 0.1) is 12.7 Å². The highest BCUT2D eigenvalue weighted by Gasteiger charge is 2.34. The zero-order valence-electron chi connectivity index (χ0n) is 13.1. The van der Waals surface area contributed by atoms with E-state index in [1.165, 1.54) is 21.6 Å². The van der Waals surface area contributed by atoms with Crippen LogP contribution in [0.1, 0.15) is 15.9 Å². The fourth-order valence-corrected chi connectivity index (χ4v) is 5.04. The lowest BCUT2D eigenvalue weighted by Crippen LogP contribution is -2.25. The molecule has 2 aromatic carbocycles. The summed E-state index contributed by atoms with van der Waals surface area (Å²) in [4.78, 5) is 26.6. The first-order valence-electron chi connectivity index (χ1n) is 7.48. The third-order valence-electron chi connectivity index (χ3n) is 3.87. The molecule has 0 saturated carbocycles. The normalized spacial score (nSPS) is 19.3. The molecule has 0 atom stereocenters. The van der Waals surface area contributed by atoms with Crippen molar-refractivity contribution < 1.29 is 19.1 Å². The number of para-hydroxylation sites is 1. The highest BCUT2D eigenvalue weighted by Crippen LogP contribution is 2.51. The van der Waals surface area contributed by atoms with Gasteiger partial charge in [-0.05, 0) is 35.9 Å². The van der Waals surface area contributed by atoms with Gasteiger partial charge in [0.25, 0.3) is 0 Å². The van der Waals surface area contributed by atoms with E-state index in [0.29, 0.717) is 16.2 Å². The van der Waals surface area contributed by atoms with Crippen molar-refractivity contribution in [1.82, 2.24) is 0 Å². The van der Waals surface area contributed by atoms with Crippen molar-refractivity contribution >= 4 is 38.2 Å². The number of rotatable bonds is 2. The maximum atomic E-state index is 12.7. The molecular weight excluding hydrogens is 356 g/mol. The summed E-state index contributed by atoms with van der Waals surface area (Å²) >= 11 is 0. The smallest absolute Gasteiger partial charge is 0.348 e. The molecule has 0 amide bonds. The van der Waals surface area contributed by atoms with Crippen molar-refractivity contribution in [3.63, 3.8) is 0 Å². The summed E-state index contributed by atoms with van der Waals surface area (Å²) in [6, 6.07) is 14.4. The Morgan fingerprint density at radius 2 is 1.72 bits per heavy atom. The highest BCUT2D eigenvalue weighted by molar-refractivity contribution is 8.82. The summed E-state index contributed by atoms with van der Waals surface area (Å²) < 4.78 is 10.5. The maximum Gasteiger partial charge on any atom is 0.348 e. The summed E-state index contributed by atoms with van der Waals surface area (Å²) in [7, 11) is 4.53. The van der Waals surface area contributed by atoms with E-state index in [1.54, 1.807) is 31.4 Å². The number of benzene rings is 2. The van der Waals surface area contributed by atoms with Gasteiger partial charge in [-0.1, -0.05) is 45.9 Å². The Balaban J connectivity index is 1.72. The molecule has 0 N–H and O–H groups in total. The van der Waals surface area contributed by atoms with E-state index in [-0.39, 0.29) is 11.4 Å². The zero-order valence-corrected chi connectivity index (χ0v) is 14.8. The first-order valence-corrected chi connectivity index (χ1v) is 9.63. The number of hydrogen-bond acceptors (Lipinski definition) is 6. The van der Waals surface area contributed by atoms with Gasteiger partial charge in [0.1, 0.15) is 17.1 Å². The first kappa shape index (κ1) is 16.1. The third kappa shape index (κ3) is 2.88. The summed E-state index contributed by atoms with van der Waals surface area (Å²) in [5.74, 6) is 0.208. The largest absolute Gasteiger partial charge is 0.497 e. The van der Waals surface area contributed by atoms with E-state index in [2.05, 4.69) is 0 Å². The molecule has 0 radical (unpaired) electrons. The fourth-order valence-electron chi connectivity index (χ4n) is 2.59. The minimum Gasteiger partial charge on any atom is -0.497 e. The molecule has 2 heterocycles. The van der Waals surface area contributed by atoms with E-state index in [1.807, 2.05) is 30.3 Å². The molecule has 2 aromatic rings. The molecule has 25 heavy (non-hydrogen) atoms. The van der Waals surface area contributed by atoms with Gasteiger partial charge in [-0.2, -0.15) is 0 Å². The second kappa shape index (κ2) is 6.46. The molecule has 0 saturated heterocycles. The Morgan fingerprint density at radius 3 is 2.48 bits per heavy atom. The molecule has 0 aromatic heterocycles. The molecule has 4 nitrogen and oxygen atoms in total. The first-order chi connectivity index (χ1) is 12.2. The summed E-state index contributed by atoms with van der Waals surface area (Å²) in [5, 5.41) is 0. The van der Waals surface area contributed by atoms with Gasteiger partial charge in [-0.25, -0.2) is 4.79 Å². The number of fused-ring (bicyclic) bond motifs is 1. The minimum absolute atomic E-state index is 0.0970. The van der Waals surface area contributed by atoms with E-state index >= 15 is 0 Å². The third-order valence-corrected chi connectivity index (χ3v) is 6.32. The Labute approximate surface area is 152 Å². The number of ether oxygens (including phenoxy) is 2. The van der Waals surface area contributed by atoms with Crippen LogP contribution in [0.5, 0.6) is 11.5 Å². The summed E-state index contributed by atoms with van der Waals surface area (Å²) in [6.07, 6.45) is 1.86. The number of Topliss-reactive ketones (excluding diaryl/α,β-unsaturated/α-hetero) is 1. The van der Waals surface area contributed by atoms with Gasteiger partial charge < -0.3 is 9.47 Å². The maximum absolute atomic E-state index is 12.7. The molecule has 124 valence electrons. The van der Waals surface area contributed by atoms with Crippen molar-refractivity contribution in [3.05, 3.63) is 76.2 Å². The fraction of sp³-hybridized carbons (Fsp3) is 0.0526. The highest BCUT2D eigenvalue weighted by atomic mass is 33.1. The van der Waals surface area contributed by atoms with Crippen molar-refractivity contribution in [2.24, 2.45) is 0 Å². The van der Waals surface area contributed by atoms with Gasteiger partial charge in [0.15, 0.2) is 0 Å². The lowest BCUT2D eigenvalue weighted by Gasteiger charge is -2.17. The topological polar surface area (TPSA) is 52.6 Å². The quantitative estimate of drug-likeness (QED) is 0.256. The van der Waals surface area contributed by atoms with E-state index in [4.69, 9.17) is 9.47 Å². The lowest BCUT2D eigenvalue weighted by atomic mass is 9.99. The number of allylic oxidation sites excluding steroid dienone is 1. The van der Waals surface area contributed by atoms with Crippen LogP contribution >= 0.6 is 21.6 Å². The number of methoxy groups -OCH3 is 1. The van der Waals surface area contributed by atoms with Gasteiger partial charge in [0, 0.05) is 9.81 Å². The molecule has 4 rings (SSSR count). The van der Waals surface area contributed by atoms with Crippen LogP contribution in [0.15, 0.2) is 65.1 Å². The molecule has 0 unspecified atom stereocenters. The van der Waals surface area contributed by atoms with Gasteiger partial charge in [-0.15, -0.1) is 0 Å². The summed E-state index contributed by atoms with van der Waals surface area (Å²) in [6.45, 7) is 0. The Morgan fingerprint density at radius 1 is 0.960 bits per heavy atom. The average Bonchev–Trinajstić information content (AvgIpc) is 3.11. The molecule has 0 aliphatic carbocycles. The van der Waals surface area contributed by atoms with Crippen LogP contribution in [-0.2, 0) is 4.79 Å². The van der Waals surface area contributed by atoms with Crippen molar-refractivity contribution in [2.75, 3.05) is 7.11 Å². The monoisotopic (exact) mass is 368 g/mol. The SMILES string of the molecule is COc1ccc(C2=C/C(=C3\C(=O)Oc4ccccc4C3=O)SS2)cc1. The standard InChI is InChI=1S/C19H12O4S2/c1-22-12-8-6-11(7-9-12)15-10-16(25-24-15)17-18(20)13-4-2-3-5-14(13)23-19(17)21/h2-10H,1H3/b17-16+. The van der Waals surface area contributed by atoms with Crippen molar-refractivity contribution in [1.29, 1.82) is 0 Å². The number of hydrogen-bond donors (Lipinski definition) is 0. The number of carbonyl (C=O) groups excluding carboxylic acids is 2. The van der Waals surface area contributed by atoms with E-state index in [9.17, 15) is 9.59 Å². The van der Waals surface area contributed by atoms with Crippen LogP contribution in [0.4, 0.5) is 0 Å². The predicted octanol–water partition coefficient (Wildman–Crippen LogP) is 4.49. The van der Waals surface area contributed by atoms with Crippen molar-refractivity contribution in [3.8, 4) is 11.5 Å². The van der Waals surface area contributed by atoms with Crippen LogP contribution in [0.25, 0.3) is 4.91 Å². The van der Waals surface area contributed by atoms with Crippen LogP contribution < -0.4 is 9.47 Å². The molecule has 2 aliphatic rings. The van der Waals surface area contributed by atoms with Gasteiger partial charge in [0.2, 0.25) is 5.78 Å². The average molecular weight is 368 g/mol. The van der Waals surface area contributed by atoms with Gasteiger partial charge >= 0.3 is 5.97 Å². The molecule has 0 bridgehead atoms. The summed E-state index contributed by atoms with van der Waals surface area (Å²) in [5.41, 5.74) is 1.52. The van der Waals surface area contributed by atoms with E-state index in [0.717, 1.165) is 16.2 Å². The molecule has 0 spiro atoms.